The van der Waals surface area contributed by atoms with Crippen molar-refractivity contribution in [2.75, 3.05) is 5.32 Å². The van der Waals surface area contributed by atoms with Crippen molar-refractivity contribution in [3.05, 3.63) is 64.7 Å². The summed E-state index contributed by atoms with van der Waals surface area (Å²) >= 11 is 0. The molecule has 4 heteroatoms. The summed E-state index contributed by atoms with van der Waals surface area (Å²) in [6, 6.07) is 12.7. The van der Waals surface area contributed by atoms with Gasteiger partial charge in [0.25, 0.3) is 5.91 Å². The summed E-state index contributed by atoms with van der Waals surface area (Å²) in [4.78, 5) is 25.0. The molecule has 0 fully saturated rings. The van der Waals surface area contributed by atoms with Crippen LogP contribution in [0.5, 0.6) is 0 Å². The molecule has 2 aromatic rings. The molecule has 1 atom stereocenters. The van der Waals surface area contributed by atoms with Gasteiger partial charge in [0.2, 0.25) is 0 Å². The zero-order chi connectivity index (χ0) is 18.4. The maximum atomic E-state index is 12.7. The molecule has 130 valence electrons. The lowest BCUT2D eigenvalue weighted by atomic mass is 9.84. The van der Waals surface area contributed by atoms with E-state index in [1.807, 2.05) is 25.1 Å². The van der Waals surface area contributed by atoms with Gasteiger partial charge in [0.05, 0.1) is 6.42 Å². The first-order chi connectivity index (χ1) is 11.6. The van der Waals surface area contributed by atoms with Gasteiger partial charge in [0.1, 0.15) is 0 Å². The van der Waals surface area contributed by atoms with Gasteiger partial charge in [-0.3, -0.25) is 9.59 Å². The minimum absolute atomic E-state index is 0.00157. The highest BCUT2D eigenvalue weighted by Crippen LogP contribution is 2.39. The summed E-state index contributed by atoms with van der Waals surface area (Å²) in [6.07, 6.45) is -0.274. The lowest BCUT2D eigenvalue weighted by molar-refractivity contribution is -0.133. The molecule has 1 amide bonds. The van der Waals surface area contributed by atoms with Crippen LogP contribution in [-0.4, -0.2) is 16.8 Å². The average Bonchev–Trinajstić information content (AvgIpc) is 2.78. The Hall–Kier alpha value is -2.46. The quantitative estimate of drug-likeness (QED) is 0.839. The molecule has 0 saturated carbocycles. The molecular formula is C21H23NO3. The Balaban J connectivity index is 1.88. The molecule has 3 rings (SSSR count). The predicted octanol–water partition coefficient (Wildman–Crippen LogP) is 3.71. The van der Waals surface area contributed by atoms with Crippen molar-refractivity contribution in [1.29, 1.82) is 0 Å². The topological polar surface area (TPSA) is 66.4 Å². The fourth-order valence-corrected chi connectivity index (χ4v) is 3.12. The number of amides is 1. The minimum atomic E-state index is -1.82. The van der Waals surface area contributed by atoms with Gasteiger partial charge in [0.15, 0.2) is 11.4 Å². The van der Waals surface area contributed by atoms with E-state index in [0.717, 1.165) is 11.1 Å². The largest absolute Gasteiger partial charge is 0.375 e. The van der Waals surface area contributed by atoms with Crippen LogP contribution in [0, 0.1) is 6.92 Å². The molecule has 2 N–H and O–H groups in total. The highest BCUT2D eigenvalue weighted by Gasteiger charge is 2.46. The summed E-state index contributed by atoms with van der Waals surface area (Å²) in [5, 5.41) is 13.6. The first kappa shape index (κ1) is 17.4. The summed E-state index contributed by atoms with van der Waals surface area (Å²) in [5.74, 6) is -0.805. The van der Waals surface area contributed by atoms with Gasteiger partial charge in [-0.2, -0.15) is 0 Å². The minimum Gasteiger partial charge on any atom is -0.375 e. The number of hydrogen-bond donors (Lipinski definition) is 2. The molecule has 1 aliphatic rings. The Morgan fingerprint density at radius 3 is 2.36 bits per heavy atom. The number of aliphatic hydroxyl groups is 1. The number of ketones is 1. The number of anilines is 1. The second kappa shape index (κ2) is 5.81. The Labute approximate surface area is 147 Å². The van der Waals surface area contributed by atoms with Gasteiger partial charge in [0, 0.05) is 16.8 Å². The SMILES string of the molecule is Cc1ccc2c(c1)[C@](O)(CC(=O)c1ccc(C(C)(C)C)cc1)C(=O)N2. The summed E-state index contributed by atoms with van der Waals surface area (Å²) in [5.41, 5.74) is 1.77. The summed E-state index contributed by atoms with van der Waals surface area (Å²) in [6.45, 7) is 8.20. The van der Waals surface area contributed by atoms with Crippen LogP contribution in [0.1, 0.15) is 54.2 Å². The van der Waals surface area contributed by atoms with Crippen LogP contribution in [0.2, 0.25) is 0 Å². The molecule has 2 aromatic carbocycles. The van der Waals surface area contributed by atoms with E-state index in [-0.39, 0.29) is 17.6 Å². The van der Waals surface area contributed by atoms with E-state index in [1.165, 1.54) is 0 Å². The molecule has 1 aliphatic heterocycles. The first-order valence-corrected chi connectivity index (χ1v) is 8.40. The van der Waals surface area contributed by atoms with Crippen molar-refractivity contribution in [2.45, 2.75) is 45.1 Å². The third-order valence-electron chi connectivity index (χ3n) is 4.73. The van der Waals surface area contributed by atoms with Crippen LogP contribution < -0.4 is 5.32 Å². The molecule has 0 spiro atoms. The van der Waals surface area contributed by atoms with Gasteiger partial charge in [-0.25, -0.2) is 0 Å². The highest BCUT2D eigenvalue weighted by molar-refractivity contribution is 6.09. The van der Waals surface area contributed by atoms with Crippen molar-refractivity contribution in [3.63, 3.8) is 0 Å². The molecule has 25 heavy (non-hydrogen) atoms. The molecule has 0 unspecified atom stereocenters. The van der Waals surface area contributed by atoms with E-state index in [9.17, 15) is 14.7 Å². The molecule has 0 saturated heterocycles. The van der Waals surface area contributed by atoms with Gasteiger partial charge in [-0.15, -0.1) is 0 Å². The summed E-state index contributed by atoms with van der Waals surface area (Å²) < 4.78 is 0. The van der Waals surface area contributed by atoms with Gasteiger partial charge in [-0.1, -0.05) is 62.7 Å². The molecule has 4 nitrogen and oxygen atoms in total. The molecular weight excluding hydrogens is 314 g/mol. The zero-order valence-corrected chi connectivity index (χ0v) is 15.0. The monoisotopic (exact) mass is 337 g/mol. The van der Waals surface area contributed by atoms with Crippen molar-refractivity contribution in [3.8, 4) is 0 Å². The van der Waals surface area contributed by atoms with E-state index in [4.69, 9.17) is 0 Å². The predicted molar refractivity (Wildman–Crippen MR) is 97.8 cm³/mol. The molecule has 0 bridgehead atoms. The third kappa shape index (κ3) is 3.10. The Morgan fingerprint density at radius 2 is 1.76 bits per heavy atom. The van der Waals surface area contributed by atoms with Crippen LogP contribution in [-0.2, 0) is 15.8 Å². The van der Waals surface area contributed by atoms with Crippen LogP contribution >= 0.6 is 0 Å². The first-order valence-electron chi connectivity index (χ1n) is 8.40. The van der Waals surface area contributed by atoms with Crippen LogP contribution in [0.15, 0.2) is 42.5 Å². The lowest BCUT2D eigenvalue weighted by Crippen LogP contribution is -2.36. The maximum Gasteiger partial charge on any atom is 0.261 e. The standard InChI is InChI=1S/C21H23NO3/c1-13-5-10-17-16(11-13)21(25,19(24)22-17)12-18(23)14-6-8-15(9-7-14)20(2,3)4/h5-11,25H,12H2,1-4H3,(H,22,24)/t21-/m1/s1. The number of Topliss-reactive ketones (excluding diaryl/α,β-unsaturated/α-hetero) is 1. The highest BCUT2D eigenvalue weighted by atomic mass is 16.3. The number of benzene rings is 2. The van der Waals surface area contributed by atoms with Gasteiger partial charge < -0.3 is 10.4 Å². The normalized spacial score (nSPS) is 19.5. The number of hydrogen-bond acceptors (Lipinski definition) is 3. The summed E-state index contributed by atoms with van der Waals surface area (Å²) in [7, 11) is 0. The van der Waals surface area contributed by atoms with E-state index in [0.29, 0.717) is 16.8 Å². The van der Waals surface area contributed by atoms with E-state index in [2.05, 4.69) is 26.1 Å². The zero-order valence-electron chi connectivity index (χ0n) is 15.0. The average molecular weight is 337 g/mol. The van der Waals surface area contributed by atoms with Crippen LogP contribution in [0.25, 0.3) is 0 Å². The van der Waals surface area contributed by atoms with Gasteiger partial charge >= 0.3 is 0 Å². The van der Waals surface area contributed by atoms with E-state index < -0.39 is 11.5 Å². The lowest BCUT2D eigenvalue weighted by Gasteiger charge is -2.21. The van der Waals surface area contributed by atoms with Crippen molar-refractivity contribution >= 4 is 17.4 Å². The Morgan fingerprint density at radius 1 is 1.12 bits per heavy atom. The smallest absolute Gasteiger partial charge is 0.261 e. The van der Waals surface area contributed by atoms with Crippen molar-refractivity contribution in [1.82, 2.24) is 0 Å². The number of carbonyl (C=O) groups excluding carboxylic acids is 2. The van der Waals surface area contributed by atoms with Crippen molar-refractivity contribution in [2.24, 2.45) is 0 Å². The van der Waals surface area contributed by atoms with Gasteiger partial charge in [-0.05, 0) is 24.0 Å². The second-order valence-corrected chi connectivity index (χ2v) is 7.79. The molecule has 0 radical (unpaired) electrons. The van der Waals surface area contributed by atoms with Crippen LogP contribution in [0.4, 0.5) is 5.69 Å². The van der Waals surface area contributed by atoms with E-state index >= 15 is 0 Å². The number of carbonyl (C=O) groups is 2. The van der Waals surface area contributed by atoms with Crippen LogP contribution in [0.3, 0.4) is 0 Å². The third-order valence-corrected chi connectivity index (χ3v) is 4.73. The van der Waals surface area contributed by atoms with E-state index in [1.54, 1.807) is 24.3 Å². The Kier molecular flexibility index (Phi) is 4.04. The second-order valence-electron chi connectivity index (χ2n) is 7.79. The fourth-order valence-electron chi connectivity index (χ4n) is 3.12. The molecule has 0 aromatic heterocycles. The maximum absolute atomic E-state index is 12.7. The molecule has 0 aliphatic carbocycles. The number of fused-ring (bicyclic) bond motifs is 1. The Bertz CT molecular complexity index is 846. The number of aryl methyl sites for hydroxylation is 1. The molecule has 1 heterocycles. The van der Waals surface area contributed by atoms with Crippen molar-refractivity contribution < 1.29 is 14.7 Å². The number of rotatable bonds is 3. The fraction of sp³-hybridized carbons (Fsp3) is 0.333. The number of nitrogens with one attached hydrogen (secondary N) is 1.